The van der Waals surface area contributed by atoms with Crippen molar-refractivity contribution in [2.75, 3.05) is 5.32 Å². The summed E-state index contributed by atoms with van der Waals surface area (Å²) in [5.41, 5.74) is -0.237. The molecule has 0 aliphatic heterocycles. The molecule has 0 fully saturated rings. The van der Waals surface area contributed by atoms with Crippen LogP contribution in [0.15, 0.2) is 18.6 Å². The molecule has 11 nitrogen and oxygen atoms in total. The molecule has 0 saturated heterocycles. The van der Waals surface area contributed by atoms with Crippen LogP contribution in [0.1, 0.15) is 13.0 Å². The molecule has 0 radical (unpaired) electrons. The number of nitrogens with one attached hydrogen (secondary N) is 1. The Morgan fingerprint density at radius 2 is 2.10 bits per heavy atom. The van der Waals surface area contributed by atoms with E-state index < -0.39 is 21.8 Å². The fraction of sp³-hybridized carbons (Fsp3) is 0.222. The predicted octanol–water partition coefficient (Wildman–Crippen LogP) is 1.36. The molecule has 2 aromatic heterocycles. The Kier molecular flexibility index (Phi) is 3.89. The molecule has 2 aromatic rings. The summed E-state index contributed by atoms with van der Waals surface area (Å²) in [4.78, 5) is 35.4. The van der Waals surface area contributed by atoms with Gasteiger partial charge < -0.3 is 0 Å². The zero-order valence-corrected chi connectivity index (χ0v) is 11.3. The van der Waals surface area contributed by atoms with E-state index in [1.165, 1.54) is 6.92 Å². The molecule has 2 rings (SSSR count). The van der Waals surface area contributed by atoms with Gasteiger partial charge in [0, 0.05) is 0 Å². The van der Waals surface area contributed by atoms with E-state index in [0.717, 1.165) is 23.3 Å². The summed E-state index contributed by atoms with van der Waals surface area (Å²) in [6.45, 7) is 1.48. The number of hydrogen-bond acceptors (Lipinski definition) is 8. The summed E-state index contributed by atoms with van der Waals surface area (Å²) in [6.07, 6.45) is 3.18. The Bertz CT molecular complexity index is 709. The first kappa shape index (κ1) is 14.5. The van der Waals surface area contributed by atoms with Gasteiger partial charge in [0.25, 0.3) is 5.91 Å². The van der Waals surface area contributed by atoms with E-state index in [4.69, 9.17) is 0 Å². The van der Waals surface area contributed by atoms with Gasteiger partial charge in [-0.05, 0) is 18.3 Å². The van der Waals surface area contributed by atoms with Crippen molar-refractivity contribution in [2.24, 2.45) is 0 Å². The summed E-state index contributed by atoms with van der Waals surface area (Å²) in [5.74, 6) is -0.544. The monoisotopic (exact) mass is 312 g/mol. The van der Waals surface area contributed by atoms with Gasteiger partial charge >= 0.3 is 10.7 Å². The Morgan fingerprint density at radius 3 is 2.62 bits per heavy atom. The highest BCUT2D eigenvalue weighted by atomic mass is 32.1. The summed E-state index contributed by atoms with van der Waals surface area (Å²) in [5, 5.41) is 27.0. The third-order valence-corrected chi connectivity index (χ3v) is 3.34. The van der Waals surface area contributed by atoms with Crippen LogP contribution in [-0.2, 0) is 4.79 Å². The molecule has 0 aliphatic rings. The predicted molar refractivity (Wildman–Crippen MR) is 71.0 cm³/mol. The number of carbonyl (C=O) groups excluding carboxylic acids is 1. The number of hydrogen-bond donors (Lipinski definition) is 1. The van der Waals surface area contributed by atoms with Gasteiger partial charge in [0.05, 0.1) is 9.85 Å². The summed E-state index contributed by atoms with van der Waals surface area (Å²) in [6, 6.07) is -0.832. The van der Waals surface area contributed by atoms with E-state index in [9.17, 15) is 25.0 Å². The number of anilines is 1. The van der Waals surface area contributed by atoms with E-state index >= 15 is 0 Å². The maximum absolute atomic E-state index is 11.9. The van der Waals surface area contributed by atoms with Crippen LogP contribution < -0.4 is 5.32 Å². The van der Waals surface area contributed by atoms with E-state index in [1.807, 2.05) is 0 Å². The molecule has 0 bridgehead atoms. The summed E-state index contributed by atoms with van der Waals surface area (Å²) < 4.78 is 1.12. The first-order chi connectivity index (χ1) is 9.88. The lowest BCUT2D eigenvalue weighted by atomic mass is 10.3. The molecule has 12 heteroatoms. The van der Waals surface area contributed by atoms with Crippen molar-refractivity contribution in [3.63, 3.8) is 0 Å². The molecular formula is C9H8N6O5S. The van der Waals surface area contributed by atoms with Crippen LogP contribution in [0.2, 0.25) is 0 Å². The van der Waals surface area contributed by atoms with Gasteiger partial charge in [-0.2, -0.15) is 5.10 Å². The minimum atomic E-state index is -0.832. The normalized spacial score (nSPS) is 11.9. The van der Waals surface area contributed by atoms with Crippen molar-refractivity contribution < 1.29 is 14.6 Å². The standard InChI is InChI=1S/C9H8N6O5S/c1-5(13-4-6(2-11-13)14(17)18)8(16)12-9-10-3-7(21-9)15(19)20/h2-5H,1H3,(H,10,12,16). The highest BCUT2D eigenvalue weighted by molar-refractivity contribution is 7.18. The van der Waals surface area contributed by atoms with Crippen molar-refractivity contribution in [3.8, 4) is 0 Å². The van der Waals surface area contributed by atoms with Crippen LogP contribution in [0.5, 0.6) is 0 Å². The number of rotatable bonds is 5. The number of carbonyl (C=O) groups is 1. The number of aromatic nitrogens is 3. The second-order valence-corrected chi connectivity index (χ2v) is 4.87. The Morgan fingerprint density at radius 1 is 1.38 bits per heavy atom. The lowest BCUT2D eigenvalue weighted by molar-refractivity contribution is -0.385. The fourth-order valence-corrected chi connectivity index (χ4v) is 2.01. The van der Waals surface area contributed by atoms with Gasteiger partial charge in [-0.3, -0.25) is 35.0 Å². The molecule has 0 aliphatic carbocycles. The van der Waals surface area contributed by atoms with Crippen LogP contribution in [0.4, 0.5) is 15.8 Å². The molecule has 1 N–H and O–H groups in total. The molecule has 2 heterocycles. The summed E-state index contributed by atoms with van der Waals surface area (Å²) >= 11 is 0.712. The largest absolute Gasteiger partial charge is 0.345 e. The third-order valence-electron chi connectivity index (χ3n) is 2.48. The molecular weight excluding hydrogens is 304 g/mol. The van der Waals surface area contributed by atoms with Crippen LogP contribution in [0, 0.1) is 20.2 Å². The second kappa shape index (κ2) is 5.62. The number of thiazole rings is 1. The van der Waals surface area contributed by atoms with Gasteiger partial charge in [0.15, 0.2) is 5.13 Å². The van der Waals surface area contributed by atoms with Crippen LogP contribution in [-0.4, -0.2) is 30.5 Å². The molecule has 0 saturated carbocycles. The molecule has 110 valence electrons. The van der Waals surface area contributed by atoms with Crippen molar-refractivity contribution in [2.45, 2.75) is 13.0 Å². The maximum Gasteiger partial charge on any atom is 0.345 e. The Balaban J connectivity index is 2.07. The number of nitro groups is 2. The molecule has 0 spiro atoms. The number of amides is 1. The van der Waals surface area contributed by atoms with E-state index in [2.05, 4.69) is 15.4 Å². The average Bonchev–Trinajstić information content (AvgIpc) is 3.06. The van der Waals surface area contributed by atoms with Gasteiger partial charge in [-0.15, -0.1) is 0 Å². The molecule has 1 amide bonds. The highest BCUT2D eigenvalue weighted by Gasteiger charge is 2.21. The van der Waals surface area contributed by atoms with Gasteiger partial charge in [-0.25, -0.2) is 4.98 Å². The van der Waals surface area contributed by atoms with Gasteiger partial charge in [0.1, 0.15) is 24.6 Å². The van der Waals surface area contributed by atoms with Crippen molar-refractivity contribution >= 4 is 33.1 Å². The van der Waals surface area contributed by atoms with Crippen molar-refractivity contribution in [3.05, 3.63) is 38.8 Å². The Hall–Kier alpha value is -2.89. The maximum atomic E-state index is 11.9. The van der Waals surface area contributed by atoms with E-state index in [0.29, 0.717) is 11.3 Å². The van der Waals surface area contributed by atoms with Crippen LogP contribution in [0.3, 0.4) is 0 Å². The SMILES string of the molecule is CC(C(=O)Nc1ncc([N+](=O)[O-])s1)n1cc([N+](=O)[O-])cn1. The quantitative estimate of drug-likeness (QED) is 0.647. The van der Waals surface area contributed by atoms with Gasteiger partial charge in [-0.1, -0.05) is 0 Å². The average molecular weight is 312 g/mol. The van der Waals surface area contributed by atoms with E-state index in [-0.39, 0.29) is 15.8 Å². The molecule has 0 aromatic carbocycles. The lowest BCUT2D eigenvalue weighted by Gasteiger charge is -2.10. The first-order valence-electron chi connectivity index (χ1n) is 5.48. The lowest BCUT2D eigenvalue weighted by Crippen LogP contribution is -2.23. The highest BCUT2D eigenvalue weighted by Crippen LogP contribution is 2.25. The summed E-state index contributed by atoms with van der Waals surface area (Å²) in [7, 11) is 0. The van der Waals surface area contributed by atoms with E-state index in [1.54, 1.807) is 0 Å². The van der Waals surface area contributed by atoms with Gasteiger partial charge in [0.2, 0.25) is 0 Å². The van der Waals surface area contributed by atoms with Crippen molar-refractivity contribution in [1.82, 2.24) is 14.8 Å². The van der Waals surface area contributed by atoms with Crippen molar-refractivity contribution in [1.29, 1.82) is 0 Å². The fourth-order valence-electron chi connectivity index (χ4n) is 1.37. The minimum Gasteiger partial charge on any atom is -0.300 e. The first-order valence-corrected chi connectivity index (χ1v) is 6.29. The molecule has 1 unspecified atom stereocenters. The molecule has 1 atom stereocenters. The Labute approximate surface area is 120 Å². The van der Waals surface area contributed by atoms with Crippen LogP contribution in [0.25, 0.3) is 0 Å². The third kappa shape index (κ3) is 3.17. The zero-order valence-electron chi connectivity index (χ0n) is 10.5. The second-order valence-electron chi connectivity index (χ2n) is 3.86. The number of nitrogens with zero attached hydrogens (tertiary/aromatic N) is 5. The smallest absolute Gasteiger partial charge is 0.300 e. The topological polar surface area (TPSA) is 146 Å². The molecule has 21 heavy (non-hydrogen) atoms. The zero-order chi connectivity index (χ0) is 15.6. The van der Waals surface area contributed by atoms with Crippen LogP contribution >= 0.6 is 11.3 Å². The minimum absolute atomic E-state index is 0.0696.